The van der Waals surface area contributed by atoms with Gasteiger partial charge in [0.05, 0.1) is 17.6 Å². The average molecular weight is 380 g/mol. The van der Waals surface area contributed by atoms with E-state index in [4.69, 9.17) is 0 Å². The Morgan fingerprint density at radius 3 is 2.07 bits per heavy atom. The van der Waals surface area contributed by atoms with Crippen LogP contribution in [-0.4, -0.2) is 57.5 Å². The molecule has 3 heterocycles. The summed E-state index contributed by atoms with van der Waals surface area (Å²) in [6.07, 6.45) is 10.6. The van der Waals surface area contributed by atoms with Crippen molar-refractivity contribution >= 4 is 0 Å². The lowest BCUT2D eigenvalue weighted by Crippen LogP contribution is -2.41. The summed E-state index contributed by atoms with van der Waals surface area (Å²) in [6.45, 7) is 7.44. The second-order valence-corrected chi connectivity index (χ2v) is 9.18. The molecular weight excluding hydrogens is 346 g/mol. The van der Waals surface area contributed by atoms with Gasteiger partial charge in [-0.3, -0.25) is 4.90 Å². The third kappa shape index (κ3) is 4.47. The van der Waals surface area contributed by atoms with Gasteiger partial charge in [-0.25, -0.2) is 4.68 Å². The molecule has 1 saturated carbocycles. The largest absolute Gasteiger partial charge is 0.303 e. The van der Waals surface area contributed by atoms with E-state index in [1.807, 2.05) is 22.9 Å². The summed E-state index contributed by atoms with van der Waals surface area (Å²) >= 11 is 0. The number of para-hydroxylation sites is 1. The maximum absolute atomic E-state index is 4.40. The number of hydrogen-bond acceptors (Lipinski definition) is 4. The first kappa shape index (κ1) is 18.3. The molecule has 3 aliphatic rings. The van der Waals surface area contributed by atoms with Crippen LogP contribution in [0.25, 0.3) is 5.69 Å². The van der Waals surface area contributed by atoms with Crippen molar-refractivity contribution in [2.75, 3.05) is 32.7 Å². The number of piperidine rings is 2. The number of likely N-dealkylation sites (tertiary alicyclic amines) is 2. The van der Waals surface area contributed by atoms with Crippen LogP contribution in [0.15, 0.2) is 36.5 Å². The number of aromatic nitrogens is 3. The zero-order valence-corrected chi connectivity index (χ0v) is 16.9. The normalized spacial score (nSPS) is 23.3. The van der Waals surface area contributed by atoms with Crippen LogP contribution in [0.2, 0.25) is 0 Å². The zero-order chi connectivity index (χ0) is 18.8. The van der Waals surface area contributed by atoms with Crippen LogP contribution in [0, 0.1) is 17.8 Å². The number of nitrogens with zero attached hydrogens (tertiary/aromatic N) is 5. The van der Waals surface area contributed by atoms with Crippen molar-refractivity contribution in [1.82, 2.24) is 24.8 Å². The van der Waals surface area contributed by atoms with E-state index in [0.717, 1.165) is 35.7 Å². The predicted molar refractivity (Wildman–Crippen MR) is 111 cm³/mol. The summed E-state index contributed by atoms with van der Waals surface area (Å²) < 4.78 is 1.89. The topological polar surface area (TPSA) is 37.2 Å². The molecule has 0 amide bonds. The lowest BCUT2D eigenvalue weighted by Gasteiger charge is -2.40. The first-order valence-electron chi connectivity index (χ1n) is 11.2. The van der Waals surface area contributed by atoms with Gasteiger partial charge in [-0.15, -0.1) is 5.10 Å². The van der Waals surface area contributed by atoms with Gasteiger partial charge in [-0.1, -0.05) is 23.4 Å². The SMILES string of the molecule is c1ccc(-n2cc(CN3CCC(C4CCN(CC5CC5)CC4)CC3)nn2)cc1. The minimum atomic E-state index is 0.930. The Balaban J connectivity index is 1.08. The van der Waals surface area contributed by atoms with Gasteiger partial charge in [0.2, 0.25) is 0 Å². The Bertz CT molecular complexity index is 737. The Kier molecular flexibility index (Phi) is 5.45. The molecule has 5 nitrogen and oxygen atoms in total. The van der Waals surface area contributed by atoms with Crippen LogP contribution < -0.4 is 0 Å². The standard InChI is InChI=1S/C23H33N5/c1-2-4-23(5-3-1)28-18-22(24-25-28)17-27-14-10-21(11-15-27)20-8-12-26(13-9-20)16-19-6-7-19/h1-5,18-21H,6-17H2. The molecule has 2 aliphatic heterocycles. The average Bonchev–Trinajstić information content (AvgIpc) is 3.44. The highest BCUT2D eigenvalue weighted by molar-refractivity contribution is 5.29. The monoisotopic (exact) mass is 379 g/mol. The molecular formula is C23H33N5. The van der Waals surface area contributed by atoms with Crippen molar-refractivity contribution in [3.63, 3.8) is 0 Å². The molecule has 0 spiro atoms. The lowest BCUT2D eigenvalue weighted by atomic mass is 9.78. The van der Waals surface area contributed by atoms with Crippen molar-refractivity contribution in [2.24, 2.45) is 17.8 Å². The summed E-state index contributed by atoms with van der Waals surface area (Å²) in [7, 11) is 0. The maximum atomic E-state index is 4.40. The van der Waals surface area contributed by atoms with Crippen molar-refractivity contribution in [1.29, 1.82) is 0 Å². The van der Waals surface area contributed by atoms with Crippen LogP contribution in [0.3, 0.4) is 0 Å². The Labute approximate surface area is 168 Å². The van der Waals surface area contributed by atoms with Crippen LogP contribution in [0.1, 0.15) is 44.2 Å². The molecule has 1 aromatic carbocycles. The molecule has 0 bridgehead atoms. The van der Waals surface area contributed by atoms with Gasteiger partial charge in [0.25, 0.3) is 0 Å². The molecule has 5 heteroatoms. The van der Waals surface area contributed by atoms with E-state index in [-0.39, 0.29) is 0 Å². The minimum absolute atomic E-state index is 0.930. The molecule has 0 unspecified atom stereocenters. The summed E-state index contributed by atoms with van der Waals surface area (Å²) in [6, 6.07) is 10.2. The fourth-order valence-electron chi connectivity index (χ4n) is 5.16. The molecule has 1 aromatic heterocycles. The first-order chi connectivity index (χ1) is 13.8. The summed E-state index contributed by atoms with van der Waals surface area (Å²) in [5.74, 6) is 2.95. The Hall–Kier alpha value is -1.72. The van der Waals surface area contributed by atoms with Gasteiger partial charge in [0.15, 0.2) is 0 Å². The van der Waals surface area contributed by atoms with E-state index in [1.54, 1.807) is 0 Å². The molecule has 2 aromatic rings. The third-order valence-corrected chi connectivity index (χ3v) is 7.09. The minimum Gasteiger partial charge on any atom is -0.303 e. The number of benzene rings is 1. The van der Waals surface area contributed by atoms with Gasteiger partial charge >= 0.3 is 0 Å². The highest BCUT2D eigenvalue weighted by atomic mass is 15.4. The fourth-order valence-corrected chi connectivity index (χ4v) is 5.16. The number of rotatable bonds is 6. The molecule has 28 heavy (non-hydrogen) atoms. The molecule has 2 saturated heterocycles. The van der Waals surface area contributed by atoms with E-state index in [2.05, 4.69) is 38.4 Å². The maximum Gasteiger partial charge on any atom is 0.0971 e. The molecule has 0 atom stereocenters. The first-order valence-corrected chi connectivity index (χ1v) is 11.2. The van der Waals surface area contributed by atoms with Crippen LogP contribution in [0.4, 0.5) is 0 Å². The molecule has 0 N–H and O–H groups in total. The summed E-state index contributed by atoms with van der Waals surface area (Å²) in [5, 5.41) is 8.71. The lowest BCUT2D eigenvalue weighted by molar-refractivity contribution is 0.0914. The zero-order valence-electron chi connectivity index (χ0n) is 16.9. The van der Waals surface area contributed by atoms with Gasteiger partial charge < -0.3 is 4.90 Å². The van der Waals surface area contributed by atoms with Gasteiger partial charge in [-0.2, -0.15) is 0 Å². The molecule has 5 rings (SSSR count). The molecule has 150 valence electrons. The second kappa shape index (κ2) is 8.34. The second-order valence-electron chi connectivity index (χ2n) is 9.18. The van der Waals surface area contributed by atoms with Crippen LogP contribution in [-0.2, 0) is 6.54 Å². The fraction of sp³-hybridized carbons (Fsp3) is 0.652. The predicted octanol–water partition coefficient (Wildman–Crippen LogP) is 3.60. The van der Waals surface area contributed by atoms with Crippen molar-refractivity contribution < 1.29 is 0 Å². The quantitative estimate of drug-likeness (QED) is 0.768. The van der Waals surface area contributed by atoms with Crippen LogP contribution in [0.5, 0.6) is 0 Å². The summed E-state index contributed by atoms with van der Waals surface area (Å²) in [5.41, 5.74) is 2.16. The highest BCUT2D eigenvalue weighted by Crippen LogP contribution is 2.35. The number of hydrogen-bond donors (Lipinski definition) is 0. The van der Waals surface area contributed by atoms with E-state index < -0.39 is 0 Å². The van der Waals surface area contributed by atoms with Crippen molar-refractivity contribution in [3.8, 4) is 5.69 Å². The van der Waals surface area contributed by atoms with Gasteiger partial charge in [0, 0.05) is 13.1 Å². The smallest absolute Gasteiger partial charge is 0.0971 e. The van der Waals surface area contributed by atoms with E-state index in [0.29, 0.717) is 0 Å². The highest BCUT2D eigenvalue weighted by Gasteiger charge is 2.31. The Morgan fingerprint density at radius 2 is 1.43 bits per heavy atom. The van der Waals surface area contributed by atoms with E-state index in [1.165, 1.54) is 71.2 Å². The summed E-state index contributed by atoms with van der Waals surface area (Å²) in [4.78, 5) is 5.30. The Morgan fingerprint density at radius 1 is 0.786 bits per heavy atom. The van der Waals surface area contributed by atoms with Crippen LogP contribution >= 0.6 is 0 Å². The van der Waals surface area contributed by atoms with Gasteiger partial charge in [-0.05, 0) is 94.6 Å². The third-order valence-electron chi connectivity index (χ3n) is 7.09. The van der Waals surface area contributed by atoms with Crippen molar-refractivity contribution in [2.45, 2.75) is 45.1 Å². The van der Waals surface area contributed by atoms with Crippen molar-refractivity contribution in [3.05, 3.63) is 42.2 Å². The van der Waals surface area contributed by atoms with E-state index in [9.17, 15) is 0 Å². The molecule has 3 fully saturated rings. The molecule has 0 radical (unpaired) electrons. The molecule has 1 aliphatic carbocycles. The van der Waals surface area contributed by atoms with Gasteiger partial charge in [0.1, 0.15) is 0 Å². The van der Waals surface area contributed by atoms with E-state index >= 15 is 0 Å².